The van der Waals surface area contributed by atoms with Crippen LogP contribution >= 0.6 is 0 Å². The summed E-state index contributed by atoms with van der Waals surface area (Å²) in [5, 5.41) is 11.3. The van der Waals surface area contributed by atoms with Crippen LogP contribution in [0.25, 0.3) is 11.0 Å². The van der Waals surface area contributed by atoms with E-state index in [-0.39, 0.29) is 22.4 Å². The molecule has 8 nitrogen and oxygen atoms in total. The Balaban J connectivity index is 1.72. The lowest BCUT2D eigenvalue weighted by Crippen LogP contribution is -2.46. The van der Waals surface area contributed by atoms with Gasteiger partial charge in [-0.05, 0) is 18.2 Å². The van der Waals surface area contributed by atoms with Gasteiger partial charge in [0.05, 0.1) is 29.9 Å². The van der Waals surface area contributed by atoms with Gasteiger partial charge in [0.25, 0.3) is 17.7 Å². The average Bonchev–Trinajstić information content (AvgIpc) is 3.19. The number of hydrazine groups is 1. The van der Waals surface area contributed by atoms with Gasteiger partial charge >= 0.3 is 0 Å². The van der Waals surface area contributed by atoms with Crippen LogP contribution in [0.15, 0.2) is 47.1 Å². The van der Waals surface area contributed by atoms with Gasteiger partial charge in [0.15, 0.2) is 0 Å². The van der Waals surface area contributed by atoms with Crippen molar-refractivity contribution in [3.63, 3.8) is 0 Å². The van der Waals surface area contributed by atoms with Crippen molar-refractivity contribution in [3.05, 3.63) is 59.4 Å². The minimum atomic E-state index is -0.864. The molecule has 0 saturated heterocycles. The van der Waals surface area contributed by atoms with Crippen molar-refractivity contribution in [1.82, 2.24) is 10.4 Å². The maximum Gasteiger partial charge on any atom is 0.280 e. The number of benzene rings is 2. The van der Waals surface area contributed by atoms with Gasteiger partial charge in [-0.1, -0.05) is 12.1 Å². The number of rotatable bonds is 3. The molecule has 0 bridgehead atoms. The summed E-state index contributed by atoms with van der Waals surface area (Å²) in [4.78, 5) is 37.4. The van der Waals surface area contributed by atoms with Crippen LogP contribution in [-0.2, 0) is 0 Å². The lowest BCUT2D eigenvalue weighted by molar-refractivity contribution is 0.0516. The van der Waals surface area contributed by atoms with Crippen molar-refractivity contribution >= 4 is 28.7 Å². The smallest absolute Gasteiger partial charge is 0.280 e. The molecule has 8 heteroatoms. The second kappa shape index (κ2) is 5.62. The molecule has 0 unspecified atom stereocenters. The molecule has 0 aliphatic carbocycles. The Kier molecular flexibility index (Phi) is 3.40. The molecular weight excluding hydrogens is 340 g/mol. The fraction of sp³-hybridized carbons (Fsp3) is 0.0556. The highest BCUT2D eigenvalue weighted by Crippen LogP contribution is 2.37. The third-order valence-corrected chi connectivity index (χ3v) is 4.13. The molecule has 4 rings (SSSR count). The zero-order valence-electron chi connectivity index (χ0n) is 13.5. The highest BCUT2D eigenvalue weighted by molar-refractivity contribution is 6.22. The standard InChI is InChI=1S/C18H12N2O6/c1-25-15-11-6-7-26-13(11)8-12(21)14(15)16(22)19-20-17(23)9-4-2-3-5-10(9)18(20)24/h2-8,21H,1H3,(H,19,22). The molecule has 0 fully saturated rings. The zero-order chi connectivity index (χ0) is 18.4. The Morgan fingerprint density at radius 1 is 1.15 bits per heavy atom. The maximum absolute atomic E-state index is 12.7. The number of fused-ring (bicyclic) bond motifs is 2. The third kappa shape index (κ3) is 2.12. The minimum absolute atomic E-state index is 0.0721. The highest BCUT2D eigenvalue weighted by Gasteiger charge is 2.37. The quantitative estimate of drug-likeness (QED) is 0.699. The van der Waals surface area contributed by atoms with Gasteiger partial charge in [-0.15, -0.1) is 0 Å². The summed E-state index contributed by atoms with van der Waals surface area (Å²) in [6.07, 6.45) is 1.39. The second-order valence-electron chi connectivity index (χ2n) is 5.57. The van der Waals surface area contributed by atoms with Crippen molar-refractivity contribution in [2.24, 2.45) is 0 Å². The summed E-state index contributed by atoms with van der Waals surface area (Å²) in [6, 6.07) is 9.07. The topological polar surface area (TPSA) is 109 Å². The minimum Gasteiger partial charge on any atom is -0.507 e. The van der Waals surface area contributed by atoms with E-state index in [4.69, 9.17) is 9.15 Å². The van der Waals surface area contributed by atoms with Crippen LogP contribution in [-0.4, -0.2) is 34.9 Å². The molecule has 0 saturated carbocycles. The normalized spacial score (nSPS) is 13.2. The molecule has 2 N–H and O–H groups in total. The number of nitrogens with one attached hydrogen (secondary N) is 1. The first-order chi connectivity index (χ1) is 12.5. The van der Waals surface area contributed by atoms with Gasteiger partial charge in [-0.3, -0.25) is 19.8 Å². The molecule has 130 valence electrons. The number of amides is 3. The van der Waals surface area contributed by atoms with Gasteiger partial charge < -0.3 is 14.3 Å². The molecule has 26 heavy (non-hydrogen) atoms. The molecule has 0 atom stereocenters. The van der Waals surface area contributed by atoms with Gasteiger partial charge in [-0.25, -0.2) is 0 Å². The molecule has 1 aliphatic rings. The number of phenolic OH excluding ortho intramolecular Hbond substituents is 1. The number of furan rings is 1. The molecule has 0 spiro atoms. The largest absolute Gasteiger partial charge is 0.507 e. The fourth-order valence-corrected chi connectivity index (χ4v) is 2.95. The van der Waals surface area contributed by atoms with E-state index in [1.54, 1.807) is 18.2 Å². The predicted molar refractivity (Wildman–Crippen MR) is 88.8 cm³/mol. The fourth-order valence-electron chi connectivity index (χ4n) is 2.95. The first-order valence-electron chi connectivity index (χ1n) is 7.59. The highest BCUT2D eigenvalue weighted by atomic mass is 16.5. The van der Waals surface area contributed by atoms with Gasteiger partial charge in [-0.2, -0.15) is 5.01 Å². The second-order valence-corrected chi connectivity index (χ2v) is 5.57. The van der Waals surface area contributed by atoms with Gasteiger partial charge in [0.2, 0.25) is 0 Å². The van der Waals surface area contributed by atoms with Crippen molar-refractivity contribution < 1.29 is 28.6 Å². The summed E-state index contributed by atoms with van der Waals surface area (Å²) in [6.45, 7) is 0. The third-order valence-electron chi connectivity index (χ3n) is 4.13. The van der Waals surface area contributed by atoms with Crippen molar-refractivity contribution in [3.8, 4) is 11.5 Å². The van der Waals surface area contributed by atoms with E-state index in [1.807, 2.05) is 0 Å². The molecule has 1 aliphatic heterocycles. The number of imide groups is 1. The van der Waals surface area contributed by atoms with Crippen LogP contribution < -0.4 is 10.2 Å². The van der Waals surface area contributed by atoms with Crippen molar-refractivity contribution in [2.75, 3.05) is 7.11 Å². The van der Waals surface area contributed by atoms with E-state index in [0.29, 0.717) is 16.0 Å². The van der Waals surface area contributed by atoms with E-state index in [9.17, 15) is 19.5 Å². The maximum atomic E-state index is 12.7. The molecule has 3 amide bonds. The van der Waals surface area contributed by atoms with Crippen LogP contribution in [0.5, 0.6) is 11.5 Å². The molecule has 2 heterocycles. The van der Waals surface area contributed by atoms with E-state index in [0.717, 1.165) is 0 Å². The van der Waals surface area contributed by atoms with Crippen LogP contribution in [0, 0.1) is 0 Å². The number of carbonyl (C=O) groups excluding carboxylic acids is 3. The number of carbonyl (C=O) groups is 3. The summed E-state index contributed by atoms with van der Waals surface area (Å²) in [7, 11) is 1.33. The summed E-state index contributed by atoms with van der Waals surface area (Å²) in [5.74, 6) is -2.50. The number of hydrogen-bond acceptors (Lipinski definition) is 6. The SMILES string of the molecule is COc1c(C(=O)NN2C(=O)c3ccccc3C2=O)c(O)cc2occc12. The van der Waals surface area contributed by atoms with E-state index in [1.165, 1.54) is 31.6 Å². The van der Waals surface area contributed by atoms with Gasteiger partial charge in [0, 0.05) is 6.07 Å². The first-order valence-corrected chi connectivity index (χ1v) is 7.59. The monoisotopic (exact) mass is 352 g/mol. The Morgan fingerprint density at radius 3 is 2.42 bits per heavy atom. The Labute approximate surface area is 146 Å². The number of phenols is 1. The molecular formula is C18H12N2O6. The molecule has 3 aromatic rings. The van der Waals surface area contributed by atoms with E-state index >= 15 is 0 Å². The molecule has 2 aromatic carbocycles. The summed E-state index contributed by atoms with van der Waals surface area (Å²) in [5.41, 5.74) is 2.75. The van der Waals surface area contributed by atoms with Crippen LogP contribution in [0.4, 0.5) is 0 Å². The lowest BCUT2D eigenvalue weighted by Gasteiger charge is -2.17. The van der Waals surface area contributed by atoms with E-state index < -0.39 is 23.5 Å². The van der Waals surface area contributed by atoms with E-state index in [2.05, 4.69) is 5.43 Å². The lowest BCUT2D eigenvalue weighted by atomic mass is 10.1. The number of ether oxygens (including phenoxy) is 1. The van der Waals surface area contributed by atoms with Crippen molar-refractivity contribution in [2.45, 2.75) is 0 Å². The summed E-state index contributed by atoms with van der Waals surface area (Å²) >= 11 is 0. The number of aromatic hydroxyl groups is 1. The van der Waals surface area contributed by atoms with Crippen molar-refractivity contribution in [1.29, 1.82) is 0 Å². The van der Waals surface area contributed by atoms with Crippen LogP contribution in [0.1, 0.15) is 31.1 Å². The Morgan fingerprint density at radius 2 is 1.81 bits per heavy atom. The van der Waals surface area contributed by atoms with Crippen LogP contribution in [0.3, 0.4) is 0 Å². The average molecular weight is 352 g/mol. The number of methoxy groups -OCH3 is 1. The Bertz CT molecular complexity index is 1050. The predicted octanol–water partition coefficient (Wildman–Crippen LogP) is 2.09. The van der Waals surface area contributed by atoms with Gasteiger partial charge in [0.1, 0.15) is 22.6 Å². The summed E-state index contributed by atoms with van der Waals surface area (Å²) < 4.78 is 10.4. The van der Waals surface area contributed by atoms with Crippen LogP contribution in [0.2, 0.25) is 0 Å². The first kappa shape index (κ1) is 15.7. The zero-order valence-corrected chi connectivity index (χ0v) is 13.5. The number of hydrogen-bond donors (Lipinski definition) is 2. The molecule has 0 radical (unpaired) electrons. The Hall–Kier alpha value is -3.81. The number of nitrogens with zero attached hydrogens (tertiary/aromatic N) is 1. The molecule has 1 aromatic heterocycles.